The van der Waals surface area contributed by atoms with Gasteiger partial charge >= 0.3 is 0 Å². The molecule has 1 aromatic carbocycles. The standard InChI is InChI=1S/C9H14N2O3S/c1-7(2)14-11-8-3-5-9(6-4-8)15(10,12)13/h3-7,11H,1-2H3,(H2,10,12,13). The van der Waals surface area contributed by atoms with Crippen LogP contribution in [0.15, 0.2) is 29.2 Å². The third-order valence-corrected chi connectivity index (χ3v) is 2.52. The second-order valence-corrected chi connectivity index (χ2v) is 4.90. The van der Waals surface area contributed by atoms with Crippen LogP contribution in [0.4, 0.5) is 5.69 Å². The molecule has 1 aromatic rings. The van der Waals surface area contributed by atoms with Gasteiger partial charge in [-0.2, -0.15) is 0 Å². The highest BCUT2D eigenvalue weighted by atomic mass is 32.2. The summed E-state index contributed by atoms with van der Waals surface area (Å²) in [6.45, 7) is 3.76. The quantitative estimate of drug-likeness (QED) is 0.758. The number of nitrogens with one attached hydrogen (secondary N) is 1. The molecular weight excluding hydrogens is 216 g/mol. The van der Waals surface area contributed by atoms with Crippen LogP contribution in [0, 0.1) is 0 Å². The van der Waals surface area contributed by atoms with Crippen molar-refractivity contribution in [1.82, 2.24) is 0 Å². The van der Waals surface area contributed by atoms with Crippen LogP contribution >= 0.6 is 0 Å². The van der Waals surface area contributed by atoms with E-state index >= 15 is 0 Å². The Bertz CT molecular complexity index is 411. The van der Waals surface area contributed by atoms with Gasteiger partial charge in [-0.15, -0.1) is 0 Å². The average molecular weight is 230 g/mol. The van der Waals surface area contributed by atoms with Crippen molar-refractivity contribution in [2.45, 2.75) is 24.8 Å². The summed E-state index contributed by atoms with van der Waals surface area (Å²) < 4.78 is 21.9. The Morgan fingerprint density at radius 1 is 1.27 bits per heavy atom. The lowest BCUT2D eigenvalue weighted by molar-refractivity contribution is 0.130. The van der Waals surface area contributed by atoms with Crippen molar-refractivity contribution < 1.29 is 13.3 Å². The molecule has 0 fully saturated rings. The van der Waals surface area contributed by atoms with Crippen LogP contribution in [0.3, 0.4) is 0 Å². The molecule has 3 N–H and O–H groups in total. The lowest BCUT2D eigenvalue weighted by Crippen LogP contribution is -2.12. The van der Waals surface area contributed by atoms with E-state index in [4.69, 9.17) is 9.98 Å². The van der Waals surface area contributed by atoms with E-state index in [9.17, 15) is 8.42 Å². The fraction of sp³-hybridized carbons (Fsp3) is 0.333. The van der Waals surface area contributed by atoms with Crippen LogP contribution in [0.25, 0.3) is 0 Å². The molecule has 0 heterocycles. The van der Waals surface area contributed by atoms with E-state index < -0.39 is 10.0 Å². The van der Waals surface area contributed by atoms with Gasteiger partial charge in [0.25, 0.3) is 0 Å². The molecule has 5 nitrogen and oxygen atoms in total. The number of sulfonamides is 1. The summed E-state index contributed by atoms with van der Waals surface area (Å²) in [6, 6.07) is 6.01. The zero-order chi connectivity index (χ0) is 11.5. The predicted molar refractivity (Wildman–Crippen MR) is 57.7 cm³/mol. The van der Waals surface area contributed by atoms with E-state index in [1.54, 1.807) is 12.1 Å². The maximum absolute atomic E-state index is 10.9. The lowest BCUT2D eigenvalue weighted by Gasteiger charge is -2.09. The Labute approximate surface area is 89.2 Å². The largest absolute Gasteiger partial charge is 0.273 e. The van der Waals surface area contributed by atoms with Gasteiger partial charge in [-0.25, -0.2) is 13.6 Å². The molecule has 15 heavy (non-hydrogen) atoms. The van der Waals surface area contributed by atoms with Gasteiger partial charge < -0.3 is 0 Å². The van der Waals surface area contributed by atoms with Crippen molar-refractivity contribution in [2.75, 3.05) is 5.48 Å². The Balaban J connectivity index is 2.73. The Hall–Kier alpha value is -1.11. The van der Waals surface area contributed by atoms with E-state index in [0.717, 1.165) is 0 Å². The van der Waals surface area contributed by atoms with Crippen LogP contribution < -0.4 is 10.6 Å². The van der Waals surface area contributed by atoms with Crippen LogP contribution in [0.5, 0.6) is 0 Å². The first-order chi connectivity index (χ1) is 6.89. The molecule has 0 saturated carbocycles. The second kappa shape index (κ2) is 4.61. The SMILES string of the molecule is CC(C)ONc1ccc(S(N)(=O)=O)cc1. The molecule has 0 bridgehead atoms. The predicted octanol–water partition coefficient (Wildman–Crippen LogP) is 1.09. The van der Waals surface area contributed by atoms with Crippen LogP contribution in [-0.4, -0.2) is 14.5 Å². The summed E-state index contributed by atoms with van der Waals surface area (Å²) in [7, 11) is -3.62. The smallest absolute Gasteiger partial charge is 0.238 e. The lowest BCUT2D eigenvalue weighted by atomic mass is 10.3. The number of rotatable bonds is 4. The number of nitrogens with two attached hydrogens (primary N) is 1. The van der Waals surface area contributed by atoms with Gasteiger partial charge in [0.1, 0.15) is 0 Å². The van der Waals surface area contributed by atoms with Crippen molar-refractivity contribution in [3.63, 3.8) is 0 Å². The molecule has 0 aromatic heterocycles. The van der Waals surface area contributed by atoms with Crippen molar-refractivity contribution in [3.8, 4) is 0 Å². The number of hydrogen-bond donors (Lipinski definition) is 2. The zero-order valence-electron chi connectivity index (χ0n) is 8.60. The molecule has 84 valence electrons. The van der Waals surface area contributed by atoms with Gasteiger partial charge in [-0.05, 0) is 38.1 Å². The molecule has 0 spiro atoms. The van der Waals surface area contributed by atoms with E-state index in [-0.39, 0.29) is 11.0 Å². The summed E-state index contributed by atoms with van der Waals surface area (Å²) >= 11 is 0. The van der Waals surface area contributed by atoms with Gasteiger partial charge in [0.05, 0.1) is 16.7 Å². The first-order valence-corrected chi connectivity index (χ1v) is 5.99. The third-order valence-electron chi connectivity index (χ3n) is 1.60. The Kier molecular flexibility index (Phi) is 3.67. The molecule has 0 amide bonds. The highest BCUT2D eigenvalue weighted by Gasteiger charge is 2.06. The summed E-state index contributed by atoms with van der Waals surface area (Å²) in [4.78, 5) is 5.20. The number of benzene rings is 1. The molecular formula is C9H14N2O3S. The van der Waals surface area contributed by atoms with Crippen LogP contribution in [0.2, 0.25) is 0 Å². The van der Waals surface area contributed by atoms with E-state index in [0.29, 0.717) is 5.69 Å². The maximum Gasteiger partial charge on any atom is 0.238 e. The summed E-state index contributed by atoms with van der Waals surface area (Å²) in [6.07, 6.45) is 0.0444. The first-order valence-electron chi connectivity index (χ1n) is 4.44. The van der Waals surface area contributed by atoms with Crippen LogP contribution in [-0.2, 0) is 14.9 Å². The van der Waals surface area contributed by atoms with Gasteiger partial charge in [-0.3, -0.25) is 10.3 Å². The topological polar surface area (TPSA) is 81.4 Å². The minimum Gasteiger partial charge on any atom is -0.273 e. The van der Waals surface area contributed by atoms with Gasteiger partial charge in [0.2, 0.25) is 10.0 Å². The van der Waals surface area contributed by atoms with Crippen LogP contribution in [0.1, 0.15) is 13.8 Å². The van der Waals surface area contributed by atoms with E-state index in [1.807, 2.05) is 13.8 Å². The summed E-state index contributed by atoms with van der Waals surface area (Å²) in [5, 5.41) is 4.95. The number of anilines is 1. The molecule has 0 radical (unpaired) electrons. The summed E-state index contributed by atoms with van der Waals surface area (Å²) in [5.74, 6) is 0. The first kappa shape index (κ1) is 12.0. The van der Waals surface area contributed by atoms with Gasteiger partial charge in [-0.1, -0.05) is 0 Å². The minimum atomic E-state index is -3.62. The highest BCUT2D eigenvalue weighted by Crippen LogP contribution is 2.12. The minimum absolute atomic E-state index is 0.0444. The highest BCUT2D eigenvalue weighted by molar-refractivity contribution is 7.89. The van der Waals surface area contributed by atoms with Crippen molar-refractivity contribution in [1.29, 1.82) is 0 Å². The summed E-state index contributed by atoms with van der Waals surface area (Å²) in [5.41, 5.74) is 3.36. The molecule has 6 heteroatoms. The maximum atomic E-state index is 10.9. The monoisotopic (exact) mass is 230 g/mol. The normalized spacial score (nSPS) is 11.7. The molecule has 0 saturated heterocycles. The van der Waals surface area contributed by atoms with Crippen molar-refractivity contribution in [3.05, 3.63) is 24.3 Å². The zero-order valence-corrected chi connectivity index (χ0v) is 9.41. The average Bonchev–Trinajstić information content (AvgIpc) is 2.14. The molecule has 1 rings (SSSR count). The molecule has 0 aliphatic rings. The fourth-order valence-electron chi connectivity index (χ4n) is 0.899. The van der Waals surface area contributed by atoms with E-state index in [1.165, 1.54) is 12.1 Å². The number of primary sulfonamides is 1. The third kappa shape index (κ3) is 3.86. The Morgan fingerprint density at radius 2 is 1.80 bits per heavy atom. The fourth-order valence-corrected chi connectivity index (χ4v) is 1.41. The van der Waals surface area contributed by atoms with Crippen molar-refractivity contribution >= 4 is 15.7 Å². The van der Waals surface area contributed by atoms with Gasteiger partial charge in [0.15, 0.2) is 0 Å². The second-order valence-electron chi connectivity index (χ2n) is 3.34. The molecule has 0 atom stereocenters. The number of hydrogen-bond acceptors (Lipinski definition) is 4. The molecule has 0 aliphatic carbocycles. The van der Waals surface area contributed by atoms with Gasteiger partial charge in [0, 0.05) is 0 Å². The van der Waals surface area contributed by atoms with Crippen molar-refractivity contribution in [2.24, 2.45) is 5.14 Å². The molecule has 0 unspecified atom stereocenters. The Morgan fingerprint density at radius 3 is 2.20 bits per heavy atom. The molecule has 0 aliphatic heterocycles. The van der Waals surface area contributed by atoms with E-state index in [2.05, 4.69) is 5.48 Å².